The molecule has 1 unspecified atom stereocenters. The van der Waals surface area contributed by atoms with Crippen LogP contribution in [0.3, 0.4) is 0 Å². The van der Waals surface area contributed by atoms with E-state index in [0.717, 1.165) is 61.2 Å². The Morgan fingerprint density at radius 1 is 0.900 bits per heavy atom. The number of carbonyl (C=O) groups is 1. The largest absolute Gasteiger partial charge is 0.463 e. The highest BCUT2D eigenvalue weighted by Crippen LogP contribution is 2.42. The predicted octanol–water partition coefficient (Wildman–Crippen LogP) is 4.96. The summed E-state index contributed by atoms with van der Waals surface area (Å²) in [4.78, 5) is 14.8. The molecule has 40 heavy (non-hydrogen) atoms. The summed E-state index contributed by atoms with van der Waals surface area (Å²) in [7, 11) is 0. The van der Waals surface area contributed by atoms with Gasteiger partial charge in [-0.1, -0.05) is 84.9 Å². The molecule has 1 saturated heterocycles. The number of rotatable bonds is 12. The maximum atomic E-state index is 12.4. The lowest BCUT2D eigenvalue weighted by atomic mass is 9.72. The number of aliphatic hydroxyl groups excluding tert-OH is 2. The lowest BCUT2D eigenvalue weighted by molar-refractivity contribution is -0.150. The van der Waals surface area contributed by atoms with Crippen molar-refractivity contribution in [3.63, 3.8) is 0 Å². The summed E-state index contributed by atoms with van der Waals surface area (Å²) < 4.78 is 5.11. The van der Waals surface area contributed by atoms with E-state index < -0.39 is 17.1 Å². The first-order valence-corrected chi connectivity index (χ1v) is 14.4. The first-order chi connectivity index (χ1) is 19.3. The monoisotopic (exact) mass is 545 g/mol. The van der Waals surface area contributed by atoms with Gasteiger partial charge in [-0.05, 0) is 87.3 Å². The normalized spacial score (nSPS) is 16.0. The Kier molecular flexibility index (Phi) is 10.1. The van der Waals surface area contributed by atoms with Crippen LogP contribution in [0.5, 0.6) is 0 Å². The third-order valence-corrected chi connectivity index (χ3v) is 8.41. The zero-order valence-corrected chi connectivity index (χ0v) is 23.7. The summed E-state index contributed by atoms with van der Waals surface area (Å²) in [6.07, 6.45) is 2.76. The zero-order valence-electron chi connectivity index (χ0n) is 23.7. The number of piperidine rings is 1. The Bertz CT molecular complexity index is 1150. The second-order valence-corrected chi connectivity index (χ2v) is 11.4. The van der Waals surface area contributed by atoms with Gasteiger partial charge in [-0.2, -0.15) is 0 Å². The van der Waals surface area contributed by atoms with Crippen molar-refractivity contribution in [1.29, 1.82) is 0 Å². The minimum absolute atomic E-state index is 0.0162. The van der Waals surface area contributed by atoms with Crippen LogP contribution in [0.4, 0.5) is 0 Å². The summed E-state index contributed by atoms with van der Waals surface area (Å²) in [5.74, 6) is -0.257. The number of benzene rings is 3. The molecule has 3 aromatic carbocycles. The van der Waals surface area contributed by atoms with E-state index in [2.05, 4.69) is 4.90 Å². The van der Waals surface area contributed by atoms with E-state index in [1.54, 1.807) is 13.8 Å². The molecule has 0 spiro atoms. The van der Waals surface area contributed by atoms with Gasteiger partial charge in [0.25, 0.3) is 0 Å². The van der Waals surface area contributed by atoms with Crippen molar-refractivity contribution in [3.05, 3.63) is 107 Å². The third kappa shape index (κ3) is 6.81. The van der Waals surface area contributed by atoms with Crippen LogP contribution in [0.25, 0.3) is 0 Å². The maximum Gasteiger partial charge on any atom is 0.316 e. The Morgan fingerprint density at radius 2 is 1.45 bits per heavy atom. The number of aliphatic hydroxyl groups is 3. The first kappa shape index (κ1) is 29.9. The zero-order chi connectivity index (χ0) is 28.6. The second-order valence-electron chi connectivity index (χ2n) is 11.4. The Hall–Kier alpha value is -3.03. The van der Waals surface area contributed by atoms with E-state index in [-0.39, 0.29) is 25.1 Å². The second kappa shape index (κ2) is 13.6. The number of carbonyl (C=O) groups excluding carboxylic acids is 1. The topological polar surface area (TPSA) is 90.2 Å². The Labute approximate surface area is 238 Å². The lowest BCUT2D eigenvalue weighted by Crippen LogP contribution is -2.44. The van der Waals surface area contributed by atoms with E-state index >= 15 is 0 Å². The van der Waals surface area contributed by atoms with Crippen molar-refractivity contribution in [2.24, 2.45) is 5.92 Å². The molecule has 1 aliphatic heterocycles. The first-order valence-electron chi connectivity index (χ1n) is 14.4. The van der Waals surface area contributed by atoms with Gasteiger partial charge in [-0.25, -0.2) is 0 Å². The maximum absolute atomic E-state index is 12.4. The SMILES string of the molecule is CC(C)(C(=O)OCCO)c1ccc(C(O)CCCN2CCC(C(O)(c3ccccc3)c3ccccc3)CC2)cc1. The highest BCUT2D eigenvalue weighted by atomic mass is 16.5. The van der Waals surface area contributed by atoms with E-state index in [1.165, 1.54) is 0 Å². The molecule has 3 N–H and O–H groups in total. The van der Waals surface area contributed by atoms with Gasteiger partial charge in [-0.3, -0.25) is 4.79 Å². The standard InChI is InChI=1S/C34H43NO5/c1-33(2,32(38)40-25-24-36)27-17-15-26(16-18-27)31(37)14-9-21-35-22-19-30(20-23-35)34(39,28-10-5-3-6-11-28)29-12-7-4-8-13-29/h3-8,10-13,15-18,30-31,36-37,39H,9,14,19-25H2,1-2H3. The molecule has 214 valence electrons. The van der Waals surface area contributed by atoms with Gasteiger partial charge in [0.1, 0.15) is 12.2 Å². The molecule has 0 radical (unpaired) electrons. The minimum atomic E-state index is -1.01. The fraction of sp³-hybridized carbons (Fsp3) is 0.441. The summed E-state index contributed by atoms with van der Waals surface area (Å²) in [6, 6.07) is 27.5. The molecule has 0 aliphatic carbocycles. The van der Waals surface area contributed by atoms with Crippen LogP contribution >= 0.6 is 0 Å². The molecule has 0 saturated carbocycles. The van der Waals surface area contributed by atoms with Crippen LogP contribution in [-0.4, -0.2) is 59.0 Å². The van der Waals surface area contributed by atoms with Crippen molar-refractivity contribution >= 4 is 5.97 Å². The quantitative estimate of drug-likeness (QED) is 0.279. The van der Waals surface area contributed by atoms with Crippen molar-refractivity contribution < 1.29 is 24.9 Å². The molecule has 1 fully saturated rings. The summed E-state index contributed by atoms with van der Waals surface area (Å²) in [5.41, 5.74) is 1.68. The molecular formula is C34H43NO5. The predicted molar refractivity (Wildman–Crippen MR) is 157 cm³/mol. The van der Waals surface area contributed by atoms with E-state index in [4.69, 9.17) is 9.84 Å². The third-order valence-electron chi connectivity index (χ3n) is 8.41. The van der Waals surface area contributed by atoms with Crippen molar-refractivity contribution in [2.75, 3.05) is 32.8 Å². The molecule has 1 heterocycles. The fourth-order valence-electron chi connectivity index (χ4n) is 5.83. The van der Waals surface area contributed by atoms with Crippen LogP contribution < -0.4 is 0 Å². The smallest absolute Gasteiger partial charge is 0.316 e. The molecule has 0 amide bonds. The summed E-state index contributed by atoms with van der Waals surface area (Å²) >= 11 is 0. The Balaban J connectivity index is 1.29. The number of ether oxygens (including phenoxy) is 1. The Morgan fingerprint density at radius 3 is 1.98 bits per heavy atom. The van der Waals surface area contributed by atoms with Crippen LogP contribution in [0.15, 0.2) is 84.9 Å². The number of esters is 1. The van der Waals surface area contributed by atoms with E-state index in [0.29, 0.717) is 6.42 Å². The van der Waals surface area contributed by atoms with Gasteiger partial charge in [0.05, 0.1) is 18.1 Å². The molecule has 1 atom stereocenters. The molecule has 4 rings (SSSR count). The molecule has 1 aliphatic rings. The van der Waals surface area contributed by atoms with E-state index in [1.807, 2.05) is 84.9 Å². The van der Waals surface area contributed by atoms with Gasteiger partial charge in [-0.15, -0.1) is 0 Å². The molecule has 6 nitrogen and oxygen atoms in total. The molecular weight excluding hydrogens is 502 g/mol. The van der Waals surface area contributed by atoms with Crippen molar-refractivity contribution in [2.45, 2.75) is 56.7 Å². The average Bonchev–Trinajstić information content (AvgIpc) is 3.00. The van der Waals surface area contributed by atoms with Crippen LogP contribution in [0.1, 0.15) is 67.9 Å². The number of hydrogen-bond donors (Lipinski definition) is 3. The number of nitrogens with zero attached hydrogens (tertiary/aromatic N) is 1. The van der Waals surface area contributed by atoms with Gasteiger partial charge in [0, 0.05) is 0 Å². The van der Waals surface area contributed by atoms with E-state index in [9.17, 15) is 15.0 Å². The number of likely N-dealkylation sites (tertiary alicyclic amines) is 1. The van der Waals surface area contributed by atoms with Gasteiger partial charge >= 0.3 is 5.97 Å². The summed E-state index contributed by atoms with van der Waals surface area (Å²) in [5, 5.41) is 31.8. The van der Waals surface area contributed by atoms with Crippen LogP contribution in [-0.2, 0) is 20.5 Å². The van der Waals surface area contributed by atoms with Crippen molar-refractivity contribution in [1.82, 2.24) is 4.90 Å². The van der Waals surface area contributed by atoms with Crippen molar-refractivity contribution in [3.8, 4) is 0 Å². The van der Waals surface area contributed by atoms with Gasteiger partial charge in [0.15, 0.2) is 0 Å². The van der Waals surface area contributed by atoms with Crippen LogP contribution in [0, 0.1) is 5.92 Å². The average molecular weight is 546 g/mol. The summed E-state index contributed by atoms with van der Waals surface area (Å²) in [6.45, 7) is 6.11. The fourth-order valence-corrected chi connectivity index (χ4v) is 5.83. The minimum Gasteiger partial charge on any atom is -0.463 e. The highest BCUT2D eigenvalue weighted by molar-refractivity contribution is 5.82. The molecule has 6 heteroatoms. The van der Waals surface area contributed by atoms with Crippen LogP contribution in [0.2, 0.25) is 0 Å². The molecule has 3 aromatic rings. The van der Waals surface area contributed by atoms with Gasteiger partial charge in [0.2, 0.25) is 0 Å². The number of hydrogen-bond acceptors (Lipinski definition) is 6. The van der Waals surface area contributed by atoms with Gasteiger partial charge < -0.3 is 25.0 Å². The lowest BCUT2D eigenvalue weighted by Gasteiger charge is -2.42. The molecule has 0 bridgehead atoms. The molecule has 0 aromatic heterocycles. The highest BCUT2D eigenvalue weighted by Gasteiger charge is 2.41.